The van der Waals surface area contributed by atoms with Crippen molar-refractivity contribution in [3.63, 3.8) is 0 Å². The van der Waals surface area contributed by atoms with E-state index in [1.807, 2.05) is 0 Å². The van der Waals surface area contributed by atoms with Crippen LogP contribution in [0, 0.1) is 0 Å². The second-order valence-corrected chi connectivity index (χ2v) is 7.32. The summed E-state index contributed by atoms with van der Waals surface area (Å²) in [5.41, 5.74) is 5.80. The van der Waals surface area contributed by atoms with E-state index in [9.17, 15) is 5.11 Å². The van der Waals surface area contributed by atoms with Crippen LogP contribution >= 0.6 is 0 Å². The molecule has 2 heteroatoms. The third kappa shape index (κ3) is 2.28. The molecule has 0 amide bonds. The van der Waals surface area contributed by atoms with Crippen molar-refractivity contribution in [3.05, 3.63) is 77.4 Å². The first-order valence-corrected chi connectivity index (χ1v) is 9.34. The Bertz CT molecular complexity index is 932. The van der Waals surface area contributed by atoms with Gasteiger partial charge in [0, 0.05) is 18.8 Å². The van der Waals surface area contributed by atoms with E-state index in [1.165, 1.54) is 33.2 Å². The van der Waals surface area contributed by atoms with E-state index in [0.29, 0.717) is 12.0 Å². The van der Waals surface area contributed by atoms with Crippen molar-refractivity contribution in [2.45, 2.75) is 31.2 Å². The van der Waals surface area contributed by atoms with Crippen molar-refractivity contribution in [1.29, 1.82) is 0 Å². The Balaban J connectivity index is 1.71. The molecule has 25 heavy (non-hydrogen) atoms. The molecule has 0 spiro atoms. The van der Waals surface area contributed by atoms with Gasteiger partial charge in [-0.05, 0) is 58.7 Å². The van der Waals surface area contributed by atoms with Crippen LogP contribution in [0.2, 0.25) is 0 Å². The van der Waals surface area contributed by atoms with Gasteiger partial charge >= 0.3 is 0 Å². The van der Waals surface area contributed by atoms with Gasteiger partial charge in [0.2, 0.25) is 0 Å². The fraction of sp³-hybridized carbons (Fsp3) is 0.304. The molecule has 1 N–H and O–H groups in total. The summed E-state index contributed by atoms with van der Waals surface area (Å²) < 4.78 is 0. The summed E-state index contributed by atoms with van der Waals surface area (Å²) in [4.78, 5) is 2.61. The normalized spacial score (nSPS) is 21.6. The van der Waals surface area contributed by atoms with Crippen LogP contribution in [-0.4, -0.2) is 18.3 Å². The smallest absolute Gasteiger partial charge is 0.0551 e. The second kappa shape index (κ2) is 5.89. The zero-order valence-electron chi connectivity index (χ0n) is 14.4. The van der Waals surface area contributed by atoms with E-state index in [2.05, 4.69) is 65.6 Å². The SMILES string of the molecule is OCC[C@@H]1C[C@@H]2c3ccccc3CCN2c2ccc3ccccc3c21. The number of aliphatic hydroxyl groups is 1. The van der Waals surface area contributed by atoms with E-state index < -0.39 is 0 Å². The van der Waals surface area contributed by atoms with Crippen LogP contribution in [0.3, 0.4) is 0 Å². The molecule has 2 aliphatic rings. The lowest BCUT2D eigenvalue weighted by Crippen LogP contribution is -2.40. The highest BCUT2D eigenvalue weighted by molar-refractivity contribution is 5.91. The lowest BCUT2D eigenvalue weighted by Gasteiger charge is -2.46. The summed E-state index contributed by atoms with van der Waals surface area (Å²) >= 11 is 0. The Kier molecular flexibility index (Phi) is 3.53. The number of benzene rings is 3. The molecule has 2 aliphatic heterocycles. The highest BCUT2D eigenvalue weighted by Crippen LogP contribution is 2.50. The summed E-state index contributed by atoms with van der Waals surface area (Å²) in [6.07, 6.45) is 3.05. The van der Waals surface area contributed by atoms with Gasteiger partial charge in [-0.3, -0.25) is 0 Å². The lowest BCUT2D eigenvalue weighted by molar-refractivity contribution is 0.266. The number of hydrogen-bond donors (Lipinski definition) is 1. The number of nitrogens with zero attached hydrogens (tertiary/aromatic N) is 1. The van der Waals surface area contributed by atoms with Gasteiger partial charge in [0.05, 0.1) is 6.04 Å². The summed E-state index contributed by atoms with van der Waals surface area (Å²) in [5, 5.41) is 12.4. The van der Waals surface area contributed by atoms with Gasteiger partial charge in [-0.2, -0.15) is 0 Å². The van der Waals surface area contributed by atoms with E-state index in [-0.39, 0.29) is 6.61 Å². The van der Waals surface area contributed by atoms with E-state index in [1.54, 1.807) is 0 Å². The van der Waals surface area contributed by atoms with E-state index >= 15 is 0 Å². The predicted octanol–water partition coefficient (Wildman–Crippen LogP) is 4.81. The molecule has 126 valence electrons. The van der Waals surface area contributed by atoms with Gasteiger partial charge < -0.3 is 10.0 Å². The lowest BCUT2D eigenvalue weighted by atomic mass is 9.76. The highest BCUT2D eigenvalue weighted by Gasteiger charge is 2.36. The van der Waals surface area contributed by atoms with Crippen molar-refractivity contribution in [1.82, 2.24) is 0 Å². The van der Waals surface area contributed by atoms with Crippen molar-refractivity contribution in [2.24, 2.45) is 0 Å². The molecule has 2 nitrogen and oxygen atoms in total. The first-order chi connectivity index (χ1) is 12.4. The Labute approximate surface area is 148 Å². The summed E-state index contributed by atoms with van der Waals surface area (Å²) in [7, 11) is 0. The first-order valence-electron chi connectivity index (χ1n) is 9.34. The average Bonchev–Trinajstić information content (AvgIpc) is 2.67. The Morgan fingerprint density at radius 2 is 1.80 bits per heavy atom. The molecule has 0 saturated heterocycles. The van der Waals surface area contributed by atoms with Gasteiger partial charge in [-0.1, -0.05) is 54.6 Å². The molecule has 2 heterocycles. The van der Waals surface area contributed by atoms with Crippen LogP contribution in [0.5, 0.6) is 0 Å². The number of fused-ring (bicyclic) bond motifs is 7. The molecule has 0 unspecified atom stereocenters. The molecule has 0 radical (unpaired) electrons. The molecule has 0 bridgehead atoms. The van der Waals surface area contributed by atoms with Crippen LogP contribution < -0.4 is 4.90 Å². The minimum absolute atomic E-state index is 0.252. The highest BCUT2D eigenvalue weighted by atomic mass is 16.3. The van der Waals surface area contributed by atoms with Crippen LogP contribution in [0.15, 0.2) is 60.7 Å². The zero-order chi connectivity index (χ0) is 16.8. The van der Waals surface area contributed by atoms with E-state index in [4.69, 9.17) is 0 Å². The summed E-state index contributed by atoms with van der Waals surface area (Å²) in [6, 6.07) is 22.6. The molecule has 5 rings (SSSR count). The first kappa shape index (κ1) is 15.0. The number of rotatable bonds is 2. The van der Waals surface area contributed by atoms with Crippen molar-refractivity contribution in [3.8, 4) is 0 Å². The maximum Gasteiger partial charge on any atom is 0.0551 e. The molecule has 0 aromatic heterocycles. The average molecular weight is 329 g/mol. The van der Waals surface area contributed by atoms with Crippen LogP contribution in [0.4, 0.5) is 5.69 Å². The Hall–Kier alpha value is -2.32. The second-order valence-electron chi connectivity index (χ2n) is 7.32. The largest absolute Gasteiger partial charge is 0.396 e. The molecule has 2 atom stereocenters. The quantitative estimate of drug-likeness (QED) is 0.729. The maximum absolute atomic E-state index is 9.69. The molecule has 3 aromatic rings. The molecule has 0 aliphatic carbocycles. The topological polar surface area (TPSA) is 23.5 Å². The molecule has 3 aromatic carbocycles. The summed E-state index contributed by atoms with van der Waals surface area (Å²) in [5.74, 6) is 0.415. The molecular formula is C23H23NO. The van der Waals surface area contributed by atoms with Crippen molar-refractivity contribution in [2.75, 3.05) is 18.1 Å². The Morgan fingerprint density at radius 1 is 0.960 bits per heavy atom. The van der Waals surface area contributed by atoms with Crippen LogP contribution in [0.25, 0.3) is 10.8 Å². The predicted molar refractivity (Wildman–Crippen MR) is 103 cm³/mol. The van der Waals surface area contributed by atoms with Crippen molar-refractivity contribution >= 4 is 16.5 Å². The summed E-state index contributed by atoms with van der Waals surface area (Å²) in [6.45, 7) is 1.33. The van der Waals surface area contributed by atoms with Crippen LogP contribution in [-0.2, 0) is 6.42 Å². The molecule has 0 saturated carbocycles. The fourth-order valence-electron chi connectivity index (χ4n) is 4.96. The van der Waals surface area contributed by atoms with Gasteiger partial charge in [0.15, 0.2) is 0 Å². The Morgan fingerprint density at radius 3 is 2.72 bits per heavy atom. The fourth-order valence-corrected chi connectivity index (χ4v) is 4.96. The van der Waals surface area contributed by atoms with E-state index in [0.717, 1.165) is 25.8 Å². The monoisotopic (exact) mass is 329 g/mol. The van der Waals surface area contributed by atoms with Gasteiger partial charge in [0.1, 0.15) is 0 Å². The number of anilines is 1. The van der Waals surface area contributed by atoms with Gasteiger partial charge in [-0.25, -0.2) is 0 Å². The third-order valence-corrected chi connectivity index (χ3v) is 6.06. The molecule has 0 fully saturated rings. The van der Waals surface area contributed by atoms with Gasteiger partial charge in [-0.15, -0.1) is 0 Å². The minimum Gasteiger partial charge on any atom is -0.396 e. The maximum atomic E-state index is 9.69. The van der Waals surface area contributed by atoms with Crippen molar-refractivity contribution < 1.29 is 5.11 Å². The molecular weight excluding hydrogens is 306 g/mol. The standard InChI is InChI=1S/C23H23NO/c25-14-12-18-15-22-19-7-3-1-6-17(19)11-13-24(22)21-10-9-16-5-2-4-8-20(16)23(18)21/h1-10,18,22,25H,11-15H2/t18-,22-/m1/s1. The number of hydrogen-bond acceptors (Lipinski definition) is 2. The third-order valence-electron chi connectivity index (χ3n) is 6.06. The number of aliphatic hydroxyl groups excluding tert-OH is 1. The zero-order valence-corrected chi connectivity index (χ0v) is 14.4. The minimum atomic E-state index is 0.252. The van der Waals surface area contributed by atoms with Crippen LogP contribution in [0.1, 0.15) is 41.5 Å². The van der Waals surface area contributed by atoms with Gasteiger partial charge in [0.25, 0.3) is 0 Å².